The molecule has 0 saturated carbocycles. The van der Waals surface area contributed by atoms with E-state index in [-0.39, 0.29) is 6.10 Å². The Kier molecular flexibility index (Phi) is 5.64. The van der Waals surface area contributed by atoms with Crippen LogP contribution < -0.4 is 10.1 Å². The minimum absolute atomic E-state index is 0.113. The highest BCUT2D eigenvalue weighted by atomic mass is 16.5. The number of quaternary nitrogens is 1. The summed E-state index contributed by atoms with van der Waals surface area (Å²) in [6.45, 7) is 2.51. The van der Waals surface area contributed by atoms with Gasteiger partial charge >= 0.3 is 0 Å². The van der Waals surface area contributed by atoms with Gasteiger partial charge in [0.2, 0.25) is 0 Å². The Morgan fingerprint density at radius 2 is 1.91 bits per heavy atom. The zero-order chi connectivity index (χ0) is 15.9. The molecule has 122 valence electrons. The molecule has 1 aliphatic heterocycles. The fourth-order valence-corrected chi connectivity index (χ4v) is 2.89. The van der Waals surface area contributed by atoms with Crippen molar-refractivity contribution in [3.05, 3.63) is 65.7 Å². The lowest BCUT2D eigenvalue weighted by molar-refractivity contribution is -0.668. The van der Waals surface area contributed by atoms with E-state index in [1.807, 2.05) is 30.3 Å². The summed E-state index contributed by atoms with van der Waals surface area (Å²) in [6, 6.07) is 18.0. The van der Waals surface area contributed by atoms with Gasteiger partial charge in [0.25, 0.3) is 0 Å². The molecule has 3 rings (SSSR count). The number of aliphatic hydroxyl groups is 1. The smallest absolute Gasteiger partial charge is 0.137 e. The van der Waals surface area contributed by atoms with Gasteiger partial charge in [0.1, 0.15) is 37.7 Å². The first-order valence-corrected chi connectivity index (χ1v) is 8.20. The second kappa shape index (κ2) is 8.11. The predicted octanol–water partition coefficient (Wildman–Crippen LogP) is 1.30. The summed E-state index contributed by atoms with van der Waals surface area (Å²) in [4.78, 5) is 0. The minimum atomic E-state index is -0.492. The lowest BCUT2D eigenvalue weighted by atomic mass is 9.97. The third-order valence-corrected chi connectivity index (χ3v) is 4.10. The number of fused-ring (bicyclic) bond motifs is 1. The van der Waals surface area contributed by atoms with Gasteiger partial charge in [0, 0.05) is 0 Å². The third-order valence-electron chi connectivity index (χ3n) is 4.10. The topological polar surface area (TPSA) is 55.3 Å². The van der Waals surface area contributed by atoms with Crippen LogP contribution in [0.2, 0.25) is 0 Å². The SMILES string of the molecule is O[C@H](C[NH2+]C[C@@H]1OCCc2ccccc21)COc1ccccc1. The number of hydrogen-bond donors (Lipinski definition) is 2. The Morgan fingerprint density at radius 1 is 1.13 bits per heavy atom. The Balaban J connectivity index is 1.41. The summed E-state index contributed by atoms with van der Waals surface area (Å²) in [5, 5.41) is 12.1. The second-order valence-corrected chi connectivity index (χ2v) is 5.85. The number of hydrogen-bond acceptors (Lipinski definition) is 3. The van der Waals surface area contributed by atoms with E-state index in [9.17, 15) is 5.11 Å². The van der Waals surface area contributed by atoms with Crippen LogP contribution in [0.1, 0.15) is 17.2 Å². The fraction of sp³-hybridized carbons (Fsp3) is 0.368. The second-order valence-electron chi connectivity index (χ2n) is 5.85. The molecule has 4 heteroatoms. The van der Waals surface area contributed by atoms with E-state index in [1.54, 1.807) is 0 Å². The zero-order valence-corrected chi connectivity index (χ0v) is 13.2. The van der Waals surface area contributed by atoms with Crippen LogP contribution in [0, 0.1) is 0 Å². The van der Waals surface area contributed by atoms with E-state index >= 15 is 0 Å². The van der Waals surface area contributed by atoms with Crippen LogP contribution in [0.15, 0.2) is 54.6 Å². The summed E-state index contributed by atoms with van der Waals surface area (Å²) in [5.41, 5.74) is 2.66. The summed E-state index contributed by atoms with van der Waals surface area (Å²) in [5.74, 6) is 0.788. The molecule has 0 bridgehead atoms. The average Bonchev–Trinajstić information content (AvgIpc) is 2.61. The monoisotopic (exact) mass is 314 g/mol. The molecule has 0 amide bonds. The van der Waals surface area contributed by atoms with Crippen molar-refractivity contribution in [1.29, 1.82) is 0 Å². The van der Waals surface area contributed by atoms with Crippen molar-refractivity contribution < 1.29 is 19.9 Å². The van der Waals surface area contributed by atoms with Crippen molar-refractivity contribution in [1.82, 2.24) is 0 Å². The van der Waals surface area contributed by atoms with Crippen LogP contribution in [-0.4, -0.2) is 37.5 Å². The average molecular weight is 314 g/mol. The molecule has 4 nitrogen and oxygen atoms in total. The summed E-state index contributed by atoms with van der Waals surface area (Å²) in [6.07, 6.45) is 0.608. The molecular weight excluding hydrogens is 290 g/mol. The normalized spacial score (nSPS) is 18.2. The molecule has 2 aromatic rings. The maximum Gasteiger partial charge on any atom is 0.137 e. The Bertz CT molecular complexity index is 603. The Labute approximate surface area is 137 Å². The van der Waals surface area contributed by atoms with Crippen molar-refractivity contribution in [3.8, 4) is 5.75 Å². The van der Waals surface area contributed by atoms with Crippen LogP contribution in [0.4, 0.5) is 0 Å². The Morgan fingerprint density at radius 3 is 2.78 bits per heavy atom. The lowest BCUT2D eigenvalue weighted by Crippen LogP contribution is -2.87. The van der Waals surface area contributed by atoms with Crippen LogP contribution in [-0.2, 0) is 11.2 Å². The standard InChI is InChI=1S/C19H23NO3/c21-16(14-23-17-7-2-1-3-8-17)12-20-13-19-18-9-5-4-6-15(18)10-11-22-19/h1-9,16,19-21H,10-14H2/p+1/t16-,19+/m1/s1. The minimum Gasteiger partial charge on any atom is -0.491 e. The van der Waals surface area contributed by atoms with Crippen molar-refractivity contribution in [2.24, 2.45) is 0 Å². The first-order valence-electron chi connectivity index (χ1n) is 8.20. The molecule has 23 heavy (non-hydrogen) atoms. The molecule has 0 aromatic heterocycles. The maximum absolute atomic E-state index is 10.0. The van der Waals surface area contributed by atoms with Gasteiger partial charge in [0.15, 0.2) is 0 Å². The molecule has 1 heterocycles. The molecule has 0 unspecified atom stereocenters. The highest BCUT2D eigenvalue weighted by Gasteiger charge is 2.22. The van der Waals surface area contributed by atoms with Crippen LogP contribution in [0.5, 0.6) is 5.75 Å². The van der Waals surface area contributed by atoms with Crippen molar-refractivity contribution in [2.45, 2.75) is 18.6 Å². The van der Waals surface area contributed by atoms with Crippen LogP contribution >= 0.6 is 0 Å². The van der Waals surface area contributed by atoms with Gasteiger partial charge < -0.3 is 19.9 Å². The van der Waals surface area contributed by atoms with E-state index in [0.717, 1.165) is 25.3 Å². The lowest BCUT2D eigenvalue weighted by Gasteiger charge is -2.25. The molecule has 2 aromatic carbocycles. The van der Waals surface area contributed by atoms with E-state index in [0.29, 0.717) is 13.2 Å². The van der Waals surface area contributed by atoms with Gasteiger partial charge in [-0.05, 0) is 29.7 Å². The largest absolute Gasteiger partial charge is 0.491 e. The summed E-state index contributed by atoms with van der Waals surface area (Å²) >= 11 is 0. The summed E-state index contributed by atoms with van der Waals surface area (Å²) < 4.78 is 11.4. The molecule has 0 saturated heterocycles. The number of nitrogens with two attached hydrogens (primary N) is 1. The first-order chi connectivity index (χ1) is 11.3. The number of ether oxygens (including phenoxy) is 2. The molecule has 0 spiro atoms. The highest BCUT2D eigenvalue weighted by Crippen LogP contribution is 2.25. The summed E-state index contributed by atoms with van der Waals surface area (Å²) in [7, 11) is 0. The zero-order valence-electron chi connectivity index (χ0n) is 13.2. The molecule has 2 atom stereocenters. The molecule has 0 aliphatic carbocycles. The number of aliphatic hydroxyl groups excluding tert-OH is 1. The van der Waals surface area contributed by atoms with E-state index in [1.165, 1.54) is 11.1 Å². The quantitative estimate of drug-likeness (QED) is 0.810. The fourth-order valence-electron chi connectivity index (χ4n) is 2.89. The van der Waals surface area contributed by atoms with Gasteiger partial charge in [-0.2, -0.15) is 0 Å². The maximum atomic E-state index is 10.0. The van der Waals surface area contributed by atoms with Gasteiger partial charge in [-0.15, -0.1) is 0 Å². The van der Waals surface area contributed by atoms with Gasteiger partial charge in [-0.25, -0.2) is 0 Å². The number of para-hydroxylation sites is 1. The first kappa shape index (κ1) is 16.0. The van der Waals surface area contributed by atoms with Crippen LogP contribution in [0.3, 0.4) is 0 Å². The number of rotatable bonds is 7. The molecule has 1 aliphatic rings. The van der Waals surface area contributed by atoms with Gasteiger partial charge in [-0.1, -0.05) is 42.5 Å². The third kappa shape index (κ3) is 4.55. The van der Waals surface area contributed by atoms with E-state index < -0.39 is 6.10 Å². The molecule has 3 N–H and O–H groups in total. The molecule has 0 radical (unpaired) electrons. The highest BCUT2D eigenvalue weighted by molar-refractivity contribution is 5.30. The van der Waals surface area contributed by atoms with Crippen molar-refractivity contribution in [2.75, 3.05) is 26.3 Å². The number of benzene rings is 2. The molecule has 0 fully saturated rings. The van der Waals surface area contributed by atoms with E-state index in [4.69, 9.17) is 9.47 Å². The van der Waals surface area contributed by atoms with Crippen LogP contribution in [0.25, 0.3) is 0 Å². The van der Waals surface area contributed by atoms with Gasteiger partial charge in [0.05, 0.1) is 6.61 Å². The van der Waals surface area contributed by atoms with Gasteiger partial charge in [-0.3, -0.25) is 0 Å². The molecular formula is C19H24NO3+. The van der Waals surface area contributed by atoms with Crippen molar-refractivity contribution in [3.63, 3.8) is 0 Å². The van der Waals surface area contributed by atoms with Crippen molar-refractivity contribution >= 4 is 0 Å². The Hall–Kier alpha value is -1.88. The predicted molar refractivity (Wildman–Crippen MR) is 88.4 cm³/mol. The van der Waals surface area contributed by atoms with E-state index in [2.05, 4.69) is 29.6 Å².